The minimum absolute atomic E-state index is 0.333. The van der Waals surface area contributed by atoms with E-state index >= 15 is 0 Å². The third-order valence-electron chi connectivity index (χ3n) is 2.24. The summed E-state index contributed by atoms with van der Waals surface area (Å²) in [5.41, 5.74) is 3.14. The largest absolute Gasteiger partial charge is 0.223 e. The monoisotopic (exact) mass is 206 g/mol. The Balaban J connectivity index is 2.81. The second-order valence-electron chi connectivity index (χ2n) is 3.31. The lowest BCUT2D eigenvalue weighted by Gasteiger charge is -2.04. The second-order valence-corrected chi connectivity index (χ2v) is 3.65. The van der Waals surface area contributed by atoms with Gasteiger partial charge >= 0.3 is 0 Å². The fourth-order valence-electron chi connectivity index (χ4n) is 1.54. The predicted octanol–water partition coefficient (Wildman–Crippen LogP) is 3.15. The molecule has 1 heterocycles. The highest BCUT2D eigenvalue weighted by Crippen LogP contribution is 2.19. The van der Waals surface area contributed by atoms with Gasteiger partial charge in [0.15, 0.2) is 0 Å². The van der Waals surface area contributed by atoms with Gasteiger partial charge in [-0.1, -0.05) is 19.1 Å². The summed E-state index contributed by atoms with van der Waals surface area (Å²) in [7, 11) is 0. The maximum atomic E-state index is 5.83. The molecule has 0 aliphatic rings. The lowest BCUT2D eigenvalue weighted by atomic mass is 10.1. The normalized spacial score (nSPS) is 10.8. The summed E-state index contributed by atoms with van der Waals surface area (Å²) in [6, 6.07) is 6.15. The maximum Gasteiger partial charge on any atom is 0.223 e. The molecule has 0 spiro atoms. The van der Waals surface area contributed by atoms with Gasteiger partial charge in [0.25, 0.3) is 0 Å². The van der Waals surface area contributed by atoms with Crippen molar-refractivity contribution < 1.29 is 0 Å². The molecular weight excluding hydrogens is 196 g/mol. The van der Waals surface area contributed by atoms with Crippen molar-refractivity contribution in [2.24, 2.45) is 0 Å². The fourth-order valence-corrected chi connectivity index (χ4v) is 1.74. The SMILES string of the molecule is CCc1nc(Cl)nc2cc(C)ccc12. The summed E-state index contributed by atoms with van der Waals surface area (Å²) in [6.45, 7) is 4.11. The fraction of sp³-hybridized carbons (Fsp3) is 0.273. The van der Waals surface area contributed by atoms with Crippen molar-refractivity contribution in [1.29, 1.82) is 0 Å². The third kappa shape index (κ3) is 1.58. The Hall–Kier alpha value is -1.15. The molecule has 0 bridgehead atoms. The van der Waals surface area contributed by atoms with Crippen molar-refractivity contribution in [2.75, 3.05) is 0 Å². The molecule has 0 fully saturated rings. The molecule has 2 aromatic rings. The Kier molecular flexibility index (Phi) is 2.38. The number of hydrogen-bond acceptors (Lipinski definition) is 2. The Labute approximate surface area is 88.0 Å². The summed E-state index contributed by atoms with van der Waals surface area (Å²) in [5, 5.41) is 1.43. The zero-order valence-electron chi connectivity index (χ0n) is 8.21. The molecule has 2 rings (SSSR count). The van der Waals surface area contributed by atoms with Gasteiger partial charge in [0, 0.05) is 5.39 Å². The Bertz CT molecular complexity index is 475. The number of fused-ring (bicyclic) bond motifs is 1. The summed E-state index contributed by atoms with van der Waals surface area (Å²) >= 11 is 5.83. The highest BCUT2D eigenvalue weighted by atomic mass is 35.5. The third-order valence-corrected chi connectivity index (χ3v) is 2.41. The summed E-state index contributed by atoms with van der Waals surface area (Å²) < 4.78 is 0. The van der Waals surface area contributed by atoms with Gasteiger partial charge in [-0.3, -0.25) is 0 Å². The summed E-state index contributed by atoms with van der Waals surface area (Å²) in [5.74, 6) is 0. The smallest absolute Gasteiger partial charge is 0.222 e. The quantitative estimate of drug-likeness (QED) is 0.670. The minimum Gasteiger partial charge on any atom is -0.222 e. The van der Waals surface area contributed by atoms with E-state index in [0.717, 1.165) is 23.0 Å². The molecule has 14 heavy (non-hydrogen) atoms. The van der Waals surface area contributed by atoms with E-state index in [4.69, 9.17) is 11.6 Å². The van der Waals surface area contributed by atoms with Crippen LogP contribution in [-0.2, 0) is 6.42 Å². The van der Waals surface area contributed by atoms with E-state index in [9.17, 15) is 0 Å². The molecule has 0 N–H and O–H groups in total. The van der Waals surface area contributed by atoms with E-state index in [1.165, 1.54) is 5.56 Å². The number of hydrogen-bond donors (Lipinski definition) is 0. The molecule has 3 heteroatoms. The number of nitrogens with zero attached hydrogens (tertiary/aromatic N) is 2. The van der Waals surface area contributed by atoms with Gasteiger partial charge in [-0.2, -0.15) is 0 Å². The van der Waals surface area contributed by atoms with Crippen LogP contribution in [0.1, 0.15) is 18.2 Å². The standard InChI is InChI=1S/C11H11ClN2/c1-3-9-8-5-4-7(2)6-10(8)14-11(12)13-9/h4-6H,3H2,1-2H3. The molecule has 2 nitrogen and oxygen atoms in total. The number of aromatic nitrogens is 2. The van der Waals surface area contributed by atoms with Gasteiger partial charge in [0.2, 0.25) is 5.28 Å². The van der Waals surface area contributed by atoms with Crippen LogP contribution in [0.3, 0.4) is 0 Å². The van der Waals surface area contributed by atoms with E-state index in [1.807, 2.05) is 13.0 Å². The van der Waals surface area contributed by atoms with Crippen LogP contribution < -0.4 is 0 Å². The average Bonchev–Trinajstić information content (AvgIpc) is 2.15. The molecule has 0 unspecified atom stereocenters. The number of benzene rings is 1. The highest BCUT2D eigenvalue weighted by molar-refractivity contribution is 6.28. The summed E-state index contributed by atoms with van der Waals surface area (Å²) in [6.07, 6.45) is 0.877. The van der Waals surface area contributed by atoms with E-state index in [1.54, 1.807) is 0 Å². The van der Waals surface area contributed by atoms with Crippen LogP contribution in [0.2, 0.25) is 5.28 Å². The number of rotatable bonds is 1. The van der Waals surface area contributed by atoms with Crippen molar-refractivity contribution in [3.63, 3.8) is 0 Å². The topological polar surface area (TPSA) is 25.8 Å². The molecule has 72 valence electrons. The van der Waals surface area contributed by atoms with Crippen LogP contribution in [-0.4, -0.2) is 9.97 Å². The van der Waals surface area contributed by atoms with Gasteiger partial charge in [0.05, 0.1) is 11.2 Å². The first-order chi connectivity index (χ1) is 6.70. The zero-order valence-corrected chi connectivity index (χ0v) is 8.97. The van der Waals surface area contributed by atoms with Gasteiger partial charge in [-0.05, 0) is 36.6 Å². The molecule has 1 aromatic carbocycles. The van der Waals surface area contributed by atoms with E-state index in [0.29, 0.717) is 5.28 Å². The lowest BCUT2D eigenvalue weighted by molar-refractivity contribution is 1.03. The van der Waals surface area contributed by atoms with Crippen LogP contribution in [0.15, 0.2) is 18.2 Å². The number of halogens is 1. The van der Waals surface area contributed by atoms with Gasteiger partial charge in [-0.15, -0.1) is 0 Å². The van der Waals surface area contributed by atoms with Crippen molar-refractivity contribution in [2.45, 2.75) is 20.3 Å². The van der Waals surface area contributed by atoms with Gasteiger partial charge in [-0.25, -0.2) is 9.97 Å². The molecule has 0 saturated carbocycles. The molecule has 0 saturated heterocycles. The molecule has 0 amide bonds. The maximum absolute atomic E-state index is 5.83. The first-order valence-electron chi connectivity index (χ1n) is 4.63. The van der Waals surface area contributed by atoms with Crippen molar-refractivity contribution in [3.8, 4) is 0 Å². The Morgan fingerprint density at radius 3 is 2.79 bits per heavy atom. The molecule has 0 atom stereocenters. The first-order valence-corrected chi connectivity index (χ1v) is 5.01. The van der Waals surface area contributed by atoms with Gasteiger partial charge < -0.3 is 0 Å². The predicted molar refractivity (Wildman–Crippen MR) is 58.7 cm³/mol. The molecule has 0 radical (unpaired) electrons. The van der Waals surface area contributed by atoms with E-state index in [2.05, 4.69) is 29.0 Å². The van der Waals surface area contributed by atoms with Crippen molar-refractivity contribution in [1.82, 2.24) is 9.97 Å². The van der Waals surface area contributed by atoms with Gasteiger partial charge in [0.1, 0.15) is 0 Å². The van der Waals surface area contributed by atoms with Crippen LogP contribution in [0, 0.1) is 6.92 Å². The molecule has 0 aliphatic heterocycles. The first kappa shape index (κ1) is 9.41. The average molecular weight is 207 g/mol. The van der Waals surface area contributed by atoms with E-state index in [-0.39, 0.29) is 0 Å². The number of aryl methyl sites for hydroxylation is 2. The zero-order chi connectivity index (χ0) is 10.1. The second kappa shape index (κ2) is 3.54. The lowest BCUT2D eigenvalue weighted by Crippen LogP contribution is -1.93. The highest BCUT2D eigenvalue weighted by Gasteiger charge is 2.04. The Morgan fingerprint density at radius 1 is 1.29 bits per heavy atom. The van der Waals surface area contributed by atoms with Crippen LogP contribution in [0.25, 0.3) is 10.9 Å². The Morgan fingerprint density at radius 2 is 2.07 bits per heavy atom. The van der Waals surface area contributed by atoms with Crippen molar-refractivity contribution in [3.05, 3.63) is 34.7 Å². The van der Waals surface area contributed by atoms with Crippen molar-refractivity contribution >= 4 is 22.5 Å². The summed E-state index contributed by atoms with van der Waals surface area (Å²) in [4.78, 5) is 8.40. The van der Waals surface area contributed by atoms with Crippen LogP contribution >= 0.6 is 11.6 Å². The van der Waals surface area contributed by atoms with Crippen LogP contribution in [0.4, 0.5) is 0 Å². The van der Waals surface area contributed by atoms with E-state index < -0.39 is 0 Å². The van der Waals surface area contributed by atoms with Crippen LogP contribution in [0.5, 0.6) is 0 Å². The minimum atomic E-state index is 0.333. The molecular formula is C11H11ClN2. The molecule has 0 aliphatic carbocycles. The molecule has 1 aromatic heterocycles.